The molecule has 0 radical (unpaired) electrons. The van der Waals surface area contributed by atoms with Gasteiger partial charge in [0, 0.05) is 31.2 Å². The van der Waals surface area contributed by atoms with Crippen LogP contribution >= 0.6 is 0 Å². The van der Waals surface area contributed by atoms with Gasteiger partial charge in [0.2, 0.25) is 0 Å². The molecule has 1 aromatic heterocycles. The molecule has 1 saturated carbocycles. The van der Waals surface area contributed by atoms with Crippen LogP contribution in [0.5, 0.6) is 0 Å². The maximum Gasteiger partial charge on any atom is 0.0724 e. The molecule has 1 aromatic rings. The van der Waals surface area contributed by atoms with E-state index in [9.17, 15) is 0 Å². The fraction of sp³-hybridized carbons (Fsp3) is 0.545. The van der Waals surface area contributed by atoms with E-state index in [0.29, 0.717) is 12.6 Å². The minimum atomic E-state index is 0.168. The minimum Gasteiger partial charge on any atom is -0.307 e. The van der Waals surface area contributed by atoms with E-state index in [1.807, 2.05) is 0 Å². The first-order valence-corrected chi connectivity index (χ1v) is 5.28. The molecule has 0 aromatic carbocycles. The van der Waals surface area contributed by atoms with E-state index in [4.69, 9.17) is 5.26 Å². The summed E-state index contributed by atoms with van der Waals surface area (Å²) in [5, 5.41) is 12.3. The zero-order chi connectivity index (χ0) is 10.5. The Hall–Kier alpha value is -1.47. The number of hydrogen-bond donors (Lipinski definition) is 1. The fourth-order valence-corrected chi connectivity index (χ4v) is 2.02. The number of nitriles is 1. The number of hydrogen-bond acceptors (Lipinski definition) is 4. The molecular formula is C11H14N4. The van der Waals surface area contributed by atoms with Crippen molar-refractivity contribution in [1.82, 2.24) is 15.3 Å². The maximum atomic E-state index is 8.92. The van der Waals surface area contributed by atoms with Crippen molar-refractivity contribution < 1.29 is 0 Å². The molecule has 0 bridgehead atoms. The van der Waals surface area contributed by atoms with Gasteiger partial charge in [0.15, 0.2) is 0 Å². The highest BCUT2D eigenvalue weighted by Gasteiger charge is 2.26. The van der Waals surface area contributed by atoms with Gasteiger partial charge in [0.05, 0.1) is 17.7 Å². The molecule has 4 heteroatoms. The van der Waals surface area contributed by atoms with Gasteiger partial charge in [-0.25, -0.2) is 0 Å². The Morgan fingerprint density at radius 3 is 3.13 bits per heavy atom. The van der Waals surface area contributed by atoms with Crippen molar-refractivity contribution in [3.63, 3.8) is 0 Å². The van der Waals surface area contributed by atoms with E-state index >= 15 is 0 Å². The molecule has 2 atom stereocenters. The summed E-state index contributed by atoms with van der Waals surface area (Å²) in [6, 6.07) is 2.68. The van der Waals surface area contributed by atoms with Crippen LogP contribution in [0.25, 0.3) is 0 Å². The summed E-state index contributed by atoms with van der Waals surface area (Å²) in [5.41, 5.74) is 0.932. The molecule has 0 saturated heterocycles. The monoisotopic (exact) mass is 202 g/mol. The molecule has 1 N–H and O–H groups in total. The third-order valence-corrected chi connectivity index (χ3v) is 2.84. The van der Waals surface area contributed by atoms with E-state index in [1.165, 1.54) is 0 Å². The smallest absolute Gasteiger partial charge is 0.0724 e. The highest BCUT2D eigenvalue weighted by atomic mass is 14.9. The zero-order valence-corrected chi connectivity index (χ0v) is 8.56. The van der Waals surface area contributed by atoms with Crippen LogP contribution in [-0.2, 0) is 6.54 Å². The predicted octanol–water partition coefficient (Wildman–Crippen LogP) is 1.26. The second-order valence-corrected chi connectivity index (χ2v) is 3.85. The molecule has 15 heavy (non-hydrogen) atoms. The van der Waals surface area contributed by atoms with Crippen LogP contribution in [0.1, 0.15) is 25.0 Å². The van der Waals surface area contributed by atoms with Crippen LogP contribution in [-0.4, -0.2) is 16.0 Å². The lowest BCUT2D eigenvalue weighted by atomic mass is 10.1. The molecule has 1 heterocycles. The van der Waals surface area contributed by atoms with Crippen LogP contribution < -0.4 is 5.32 Å². The van der Waals surface area contributed by atoms with Crippen molar-refractivity contribution in [2.45, 2.75) is 31.8 Å². The number of rotatable bonds is 3. The summed E-state index contributed by atoms with van der Waals surface area (Å²) in [4.78, 5) is 8.18. The number of aromatic nitrogens is 2. The summed E-state index contributed by atoms with van der Waals surface area (Å²) >= 11 is 0. The number of nitrogens with one attached hydrogen (secondary N) is 1. The first-order chi connectivity index (χ1) is 7.40. The van der Waals surface area contributed by atoms with Crippen molar-refractivity contribution in [2.75, 3.05) is 0 Å². The average molecular weight is 202 g/mol. The van der Waals surface area contributed by atoms with E-state index in [-0.39, 0.29) is 5.92 Å². The van der Waals surface area contributed by atoms with Crippen LogP contribution in [0.4, 0.5) is 0 Å². The topological polar surface area (TPSA) is 61.6 Å². The van der Waals surface area contributed by atoms with Crippen molar-refractivity contribution in [3.8, 4) is 6.07 Å². The lowest BCUT2D eigenvalue weighted by Crippen LogP contribution is -2.31. The Morgan fingerprint density at radius 1 is 1.47 bits per heavy atom. The van der Waals surface area contributed by atoms with Gasteiger partial charge >= 0.3 is 0 Å². The molecule has 78 valence electrons. The highest BCUT2D eigenvalue weighted by Crippen LogP contribution is 2.24. The molecule has 2 rings (SSSR count). The number of nitrogens with zero attached hydrogens (tertiary/aromatic N) is 3. The van der Waals surface area contributed by atoms with Crippen molar-refractivity contribution in [2.24, 2.45) is 5.92 Å². The molecule has 1 fully saturated rings. The molecule has 0 amide bonds. The third-order valence-electron chi connectivity index (χ3n) is 2.84. The largest absolute Gasteiger partial charge is 0.307 e. The van der Waals surface area contributed by atoms with Crippen molar-refractivity contribution in [1.29, 1.82) is 5.26 Å². The molecule has 4 nitrogen and oxygen atoms in total. The normalized spacial score (nSPS) is 25.0. The quantitative estimate of drug-likeness (QED) is 0.801. The lowest BCUT2D eigenvalue weighted by Gasteiger charge is -2.14. The fourth-order valence-electron chi connectivity index (χ4n) is 2.02. The molecule has 1 aliphatic carbocycles. The zero-order valence-electron chi connectivity index (χ0n) is 8.56. The van der Waals surface area contributed by atoms with Gasteiger partial charge in [-0.1, -0.05) is 6.42 Å². The standard InChI is InChI=1S/C11H14N4/c12-6-9-2-1-3-11(9)15-8-10-7-13-4-5-14-10/h4-5,7,9,11,15H,1-3,8H2. The summed E-state index contributed by atoms with van der Waals surface area (Å²) in [5.74, 6) is 0.168. The SMILES string of the molecule is N#CC1CCCC1NCc1cnccn1. The van der Waals surface area contributed by atoms with Crippen LogP contribution in [0.15, 0.2) is 18.6 Å². The van der Waals surface area contributed by atoms with E-state index in [0.717, 1.165) is 25.0 Å². The van der Waals surface area contributed by atoms with E-state index < -0.39 is 0 Å². The molecular weight excluding hydrogens is 188 g/mol. The summed E-state index contributed by atoms with van der Waals surface area (Å²) in [6.45, 7) is 0.705. The minimum absolute atomic E-state index is 0.168. The lowest BCUT2D eigenvalue weighted by molar-refractivity contribution is 0.461. The second-order valence-electron chi connectivity index (χ2n) is 3.85. The van der Waals surface area contributed by atoms with Crippen LogP contribution in [0.3, 0.4) is 0 Å². The van der Waals surface area contributed by atoms with Gasteiger partial charge in [0.25, 0.3) is 0 Å². The first-order valence-electron chi connectivity index (χ1n) is 5.28. The Balaban J connectivity index is 1.86. The van der Waals surface area contributed by atoms with Gasteiger partial charge < -0.3 is 5.32 Å². The Kier molecular flexibility index (Phi) is 3.25. The van der Waals surface area contributed by atoms with Crippen LogP contribution in [0, 0.1) is 17.2 Å². The second kappa shape index (κ2) is 4.85. The van der Waals surface area contributed by atoms with Crippen molar-refractivity contribution in [3.05, 3.63) is 24.3 Å². The van der Waals surface area contributed by atoms with Crippen molar-refractivity contribution >= 4 is 0 Å². The van der Waals surface area contributed by atoms with E-state index in [1.54, 1.807) is 18.6 Å². The van der Waals surface area contributed by atoms with E-state index in [2.05, 4.69) is 21.4 Å². The summed E-state index contributed by atoms with van der Waals surface area (Å²) < 4.78 is 0. The maximum absolute atomic E-state index is 8.92. The summed E-state index contributed by atoms with van der Waals surface area (Å²) in [7, 11) is 0. The van der Waals surface area contributed by atoms with Gasteiger partial charge in [-0.15, -0.1) is 0 Å². The Bertz CT molecular complexity index is 343. The average Bonchev–Trinajstić information content (AvgIpc) is 2.75. The predicted molar refractivity (Wildman–Crippen MR) is 55.6 cm³/mol. The molecule has 0 aliphatic heterocycles. The summed E-state index contributed by atoms with van der Waals surface area (Å²) in [6.07, 6.45) is 8.37. The Morgan fingerprint density at radius 2 is 2.40 bits per heavy atom. The van der Waals surface area contributed by atoms with Gasteiger partial charge in [-0.05, 0) is 12.8 Å². The molecule has 1 aliphatic rings. The molecule has 0 spiro atoms. The van der Waals surface area contributed by atoms with Gasteiger partial charge in [-0.2, -0.15) is 5.26 Å². The first kappa shape index (κ1) is 10.1. The van der Waals surface area contributed by atoms with Crippen LogP contribution in [0.2, 0.25) is 0 Å². The Labute approximate surface area is 89.4 Å². The van der Waals surface area contributed by atoms with Gasteiger partial charge in [0.1, 0.15) is 0 Å². The highest BCUT2D eigenvalue weighted by molar-refractivity contribution is 4.99. The molecule has 2 unspecified atom stereocenters. The van der Waals surface area contributed by atoms with Gasteiger partial charge in [-0.3, -0.25) is 9.97 Å². The third kappa shape index (κ3) is 2.51.